The van der Waals surface area contributed by atoms with Crippen LogP contribution in [0.15, 0.2) is 57.9 Å². The van der Waals surface area contributed by atoms with E-state index in [0.717, 1.165) is 19.3 Å². The van der Waals surface area contributed by atoms with Gasteiger partial charge in [0.05, 0.1) is 0 Å². The van der Waals surface area contributed by atoms with Gasteiger partial charge in [0.1, 0.15) is 0 Å². The van der Waals surface area contributed by atoms with E-state index in [4.69, 9.17) is 6.42 Å². The Hall–Kier alpha value is -1.06. The molecule has 2 aliphatic rings. The number of rotatable bonds is 3. The molecule has 0 heterocycles. The molecular weight excluding hydrogens is 414 g/mol. The van der Waals surface area contributed by atoms with E-state index in [9.17, 15) is 0 Å². The summed E-state index contributed by atoms with van der Waals surface area (Å²) in [6.45, 7) is 0. The Morgan fingerprint density at radius 3 is 2.62 bits per heavy atom. The summed E-state index contributed by atoms with van der Waals surface area (Å²) in [5, 5.41) is 0. The summed E-state index contributed by atoms with van der Waals surface area (Å²) in [5.41, 5.74) is 7.29. The van der Waals surface area contributed by atoms with Crippen LogP contribution in [0, 0.1) is 12.3 Å². The molecule has 0 amide bonds. The van der Waals surface area contributed by atoms with Crippen LogP contribution < -0.4 is 28.1 Å². The molecule has 0 fully saturated rings. The minimum absolute atomic E-state index is 0. The summed E-state index contributed by atoms with van der Waals surface area (Å²) in [6, 6.07) is 13.4. The molecule has 0 saturated heterocycles. The smallest absolute Gasteiger partial charge is 1.00 e. The molecule has 3 heteroatoms. The molecule has 2 aromatic carbocycles. The molecule has 0 spiro atoms. The first-order chi connectivity index (χ1) is 10.9. The van der Waals surface area contributed by atoms with Crippen molar-refractivity contribution in [3.63, 3.8) is 0 Å². The number of halogens is 2. The van der Waals surface area contributed by atoms with Crippen LogP contribution >= 0.6 is 0 Å². The Kier molecular flexibility index (Phi) is 6.71. The van der Waals surface area contributed by atoms with Crippen molar-refractivity contribution in [2.45, 2.75) is 19.3 Å². The fourth-order valence-corrected chi connectivity index (χ4v) is 6.88. The molecule has 0 bridgehead atoms. The number of hydrogen-bond acceptors (Lipinski definition) is 0. The van der Waals surface area contributed by atoms with E-state index in [1.807, 2.05) is 0 Å². The van der Waals surface area contributed by atoms with Crippen LogP contribution in [-0.2, 0) is 36.1 Å². The summed E-state index contributed by atoms with van der Waals surface area (Å²) in [4.78, 5) is 0. The minimum atomic E-state index is -0.742. The van der Waals surface area contributed by atoms with Crippen molar-refractivity contribution in [3.05, 3.63) is 74.6 Å². The zero-order valence-corrected chi connectivity index (χ0v) is 17.1. The topological polar surface area (TPSA) is 0 Å². The average molecular weight is 430 g/mol. The normalized spacial score (nSPS) is 12.9. The van der Waals surface area contributed by atoms with E-state index in [1.54, 1.807) is 12.1 Å². The molecule has 0 aliphatic heterocycles. The van der Waals surface area contributed by atoms with Gasteiger partial charge in [-0.05, 0) is 0 Å². The molecule has 0 N–H and O–H groups in total. The third kappa shape index (κ3) is 3.48. The van der Waals surface area contributed by atoms with Gasteiger partial charge in [0, 0.05) is 0 Å². The Balaban J connectivity index is 0.00000104. The van der Waals surface area contributed by atoms with Crippen LogP contribution in [0.1, 0.15) is 23.1 Å². The predicted molar refractivity (Wildman–Crippen MR) is 88.7 cm³/mol. The Morgan fingerprint density at radius 2 is 1.88 bits per heavy atom. The van der Waals surface area contributed by atoms with Gasteiger partial charge in [-0.25, -0.2) is 0 Å². The third-order valence-corrected chi connectivity index (χ3v) is 8.27. The first-order valence-electron chi connectivity index (χ1n) is 7.66. The fourth-order valence-electron chi connectivity index (χ4n) is 3.37. The van der Waals surface area contributed by atoms with Crippen LogP contribution in [0.5, 0.6) is 0 Å². The van der Waals surface area contributed by atoms with Crippen LogP contribution in [0.3, 0.4) is 0 Å². The maximum atomic E-state index is 5.61. The molecule has 0 atom stereocenters. The molecule has 0 unspecified atom stereocenters. The van der Waals surface area contributed by atoms with E-state index in [1.165, 1.54) is 22.3 Å². The third-order valence-electron chi connectivity index (χ3n) is 4.42. The second-order valence-electron chi connectivity index (χ2n) is 5.79. The van der Waals surface area contributed by atoms with Gasteiger partial charge in [0.2, 0.25) is 0 Å². The van der Waals surface area contributed by atoms with E-state index < -0.39 is 23.2 Å². The van der Waals surface area contributed by atoms with E-state index in [0.29, 0.717) is 0 Å². The molecular formula is C21H16Cl2Zr. The van der Waals surface area contributed by atoms with Gasteiger partial charge in [0.15, 0.2) is 0 Å². The van der Waals surface area contributed by atoms with Crippen LogP contribution in [-0.4, -0.2) is 0 Å². The second-order valence-corrected chi connectivity index (χ2v) is 9.21. The summed E-state index contributed by atoms with van der Waals surface area (Å²) >= 11 is -0.742. The quantitative estimate of drug-likeness (QED) is 0.422. The Labute approximate surface area is 167 Å². The van der Waals surface area contributed by atoms with Crippen molar-refractivity contribution in [1.29, 1.82) is 0 Å². The van der Waals surface area contributed by atoms with Gasteiger partial charge in [-0.1, -0.05) is 0 Å². The zero-order chi connectivity index (χ0) is 14.9. The van der Waals surface area contributed by atoms with Gasteiger partial charge < -0.3 is 24.8 Å². The van der Waals surface area contributed by atoms with Gasteiger partial charge in [-0.2, -0.15) is 0 Å². The largest absolute Gasteiger partial charge is 1.00 e. The molecule has 2 aromatic rings. The number of fused-ring (bicyclic) bond motifs is 3. The first kappa shape index (κ1) is 19.3. The van der Waals surface area contributed by atoms with E-state index in [2.05, 4.69) is 60.5 Å². The van der Waals surface area contributed by atoms with Gasteiger partial charge in [-0.15, -0.1) is 0 Å². The standard InChI is InChI=1S/C16H11.C5H5.2ClH.Zr/c1-2-5-12-8-9-16-14(10-12)11-13-6-3-4-7-15(13)16;1-2-4-5-3-1;;;/h1,3-4,6-9H,5,11H2;1-3H,4H2;2*1H;/q;;;;+2/p-2. The van der Waals surface area contributed by atoms with Gasteiger partial charge in [0.25, 0.3) is 0 Å². The molecule has 0 saturated carbocycles. The molecule has 0 nitrogen and oxygen atoms in total. The van der Waals surface area contributed by atoms with Gasteiger partial charge >= 0.3 is 144 Å². The monoisotopic (exact) mass is 428 g/mol. The molecule has 0 radical (unpaired) electrons. The van der Waals surface area contributed by atoms with Crippen LogP contribution in [0.2, 0.25) is 0 Å². The fraction of sp³-hybridized carbons (Fsp3) is 0.143. The van der Waals surface area contributed by atoms with Crippen LogP contribution in [0.25, 0.3) is 11.1 Å². The summed E-state index contributed by atoms with van der Waals surface area (Å²) in [7, 11) is 0. The molecule has 118 valence electrons. The first-order valence-corrected chi connectivity index (χ1v) is 10.1. The maximum Gasteiger partial charge on any atom is -1.00 e. The molecule has 4 rings (SSSR count). The van der Waals surface area contributed by atoms with E-state index in [-0.39, 0.29) is 24.8 Å². The summed E-state index contributed by atoms with van der Waals surface area (Å²) in [6.07, 6.45) is 15.4. The van der Waals surface area contributed by atoms with Crippen molar-refractivity contribution in [2.24, 2.45) is 0 Å². The van der Waals surface area contributed by atoms with Crippen LogP contribution in [0.4, 0.5) is 0 Å². The molecule has 2 aliphatic carbocycles. The molecule has 0 aromatic heterocycles. The second kappa shape index (κ2) is 8.35. The van der Waals surface area contributed by atoms with Crippen molar-refractivity contribution < 1.29 is 48.0 Å². The Morgan fingerprint density at radius 1 is 1.04 bits per heavy atom. The number of allylic oxidation sites excluding steroid dienone is 4. The zero-order valence-electron chi connectivity index (χ0n) is 13.2. The van der Waals surface area contributed by atoms with Crippen molar-refractivity contribution in [2.75, 3.05) is 0 Å². The molecule has 24 heavy (non-hydrogen) atoms. The summed E-state index contributed by atoms with van der Waals surface area (Å²) in [5.74, 6) is 2.85. The Bertz CT molecular complexity index is 857. The number of benzene rings is 2. The number of hydrogen-bond donors (Lipinski definition) is 0. The number of terminal acetylenes is 1. The minimum Gasteiger partial charge on any atom is -1.00 e. The van der Waals surface area contributed by atoms with Crippen molar-refractivity contribution in [3.8, 4) is 23.5 Å². The maximum absolute atomic E-state index is 5.61. The SMILES string of the molecule is C#CCc1ccc2c([c]1[Zr+2][C]1=CC=CC1)Cc1ccccc1-2.[Cl-].[Cl-]. The predicted octanol–water partition coefficient (Wildman–Crippen LogP) is -2.01. The van der Waals surface area contributed by atoms with Gasteiger partial charge in [-0.3, -0.25) is 0 Å². The van der Waals surface area contributed by atoms with Crippen molar-refractivity contribution in [1.82, 2.24) is 0 Å². The average Bonchev–Trinajstić information content (AvgIpc) is 3.17. The van der Waals surface area contributed by atoms with Crippen molar-refractivity contribution >= 4 is 3.27 Å². The van der Waals surface area contributed by atoms with E-state index >= 15 is 0 Å². The summed E-state index contributed by atoms with van der Waals surface area (Å²) < 4.78 is 3.29.